The number of carbonyl (C=O) groups excluding carboxylic acids is 1. The Kier molecular flexibility index (Phi) is 4.63. The summed E-state index contributed by atoms with van der Waals surface area (Å²) in [6, 6.07) is 6.29. The molecular formula is C16H24N2OS. The zero-order chi connectivity index (χ0) is 14.8. The maximum absolute atomic E-state index is 11.8. The van der Waals surface area contributed by atoms with Gasteiger partial charge in [0.2, 0.25) is 0 Å². The molecule has 4 heteroatoms. The molecule has 0 spiro atoms. The van der Waals surface area contributed by atoms with E-state index in [-0.39, 0.29) is 5.91 Å². The first kappa shape index (κ1) is 15.2. The minimum Gasteiger partial charge on any atom is -0.381 e. The Hall–Kier alpha value is -1.16. The summed E-state index contributed by atoms with van der Waals surface area (Å²) in [5.74, 6) is 2.32. The predicted octanol–water partition coefficient (Wildman–Crippen LogP) is 3.30. The number of hydrogen-bond donors (Lipinski definition) is 2. The molecular weight excluding hydrogens is 268 g/mol. The number of anilines is 1. The Morgan fingerprint density at radius 1 is 1.40 bits per heavy atom. The van der Waals surface area contributed by atoms with Crippen LogP contribution >= 0.6 is 11.8 Å². The smallest absolute Gasteiger partial charge is 0.251 e. The fourth-order valence-electron chi connectivity index (χ4n) is 2.42. The molecule has 1 unspecified atom stereocenters. The lowest BCUT2D eigenvalue weighted by Gasteiger charge is -2.39. The van der Waals surface area contributed by atoms with E-state index in [0.29, 0.717) is 17.0 Å². The average Bonchev–Trinajstić information content (AvgIpc) is 2.42. The van der Waals surface area contributed by atoms with Crippen LogP contribution in [0.25, 0.3) is 0 Å². The maximum Gasteiger partial charge on any atom is 0.251 e. The molecule has 1 saturated heterocycles. The van der Waals surface area contributed by atoms with Gasteiger partial charge in [-0.1, -0.05) is 19.9 Å². The Bertz CT molecular complexity index is 499. The highest BCUT2D eigenvalue weighted by molar-refractivity contribution is 7.99. The largest absolute Gasteiger partial charge is 0.381 e. The first-order valence-electron chi connectivity index (χ1n) is 7.11. The van der Waals surface area contributed by atoms with Crippen molar-refractivity contribution in [1.82, 2.24) is 5.32 Å². The second kappa shape index (κ2) is 6.08. The topological polar surface area (TPSA) is 41.1 Å². The summed E-state index contributed by atoms with van der Waals surface area (Å²) >= 11 is 2.00. The summed E-state index contributed by atoms with van der Waals surface area (Å²) in [5, 5.41) is 6.33. The standard InChI is InChI=1S/C16H24N2OS/c1-11-5-6-12(15(19)17-4)9-13(11)18-14-10-20-8-7-16(14,2)3/h5-6,9,14,18H,7-8,10H2,1-4H3,(H,17,19). The number of carbonyl (C=O) groups is 1. The number of amides is 1. The summed E-state index contributed by atoms with van der Waals surface area (Å²) in [6.45, 7) is 6.73. The molecule has 1 aromatic carbocycles. The normalized spacial score (nSPS) is 21.3. The molecule has 1 atom stereocenters. The molecule has 1 amide bonds. The van der Waals surface area contributed by atoms with Gasteiger partial charge >= 0.3 is 0 Å². The van der Waals surface area contributed by atoms with Crippen molar-refractivity contribution in [2.24, 2.45) is 5.41 Å². The monoisotopic (exact) mass is 292 g/mol. The second-order valence-corrected chi connectivity index (χ2v) is 7.27. The van der Waals surface area contributed by atoms with E-state index >= 15 is 0 Å². The minimum absolute atomic E-state index is 0.0367. The highest BCUT2D eigenvalue weighted by Gasteiger charge is 2.32. The van der Waals surface area contributed by atoms with Gasteiger partial charge in [0.1, 0.15) is 0 Å². The molecule has 2 rings (SSSR count). The molecule has 0 bridgehead atoms. The van der Waals surface area contributed by atoms with Gasteiger partial charge in [0.15, 0.2) is 0 Å². The van der Waals surface area contributed by atoms with Crippen molar-refractivity contribution in [1.29, 1.82) is 0 Å². The van der Waals surface area contributed by atoms with Crippen LogP contribution in [-0.2, 0) is 0 Å². The minimum atomic E-state index is -0.0367. The van der Waals surface area contributed by atoms with Crippen LogP contribution in [0, 0.1) is 12.3 Å². The summed E-state index contributed by atoms with van der Waals surface area (Å²) < 4.78 is 0. The number of rotatable bonds is 3. The van der Waals surface area contributed by atoms with Gasteiger partial charge in [0.05, 0.1) is 0 Å². The van der Waals surface area contributed by atoms with Crippen molar-refractivity contribution in [3.63, 3.8) is 0 Å². The zero-order valence-corrected chi connectivity index (χ0v) is 13.6. The molecule has 1 aliphatic rings. The number of hydrogen-bond acceptors (Lipinski definition) is 3. The van der Waals surface area contributed by atoms with E-state index < -0.39 is 0 Å². The van der Waals surface area contributed by atoms with Crippen LogP contribution in [0.3, 0.4) is 0 Å². The highest BCUT2D eigenvalue weighted by Crippen LogP contribution is 2.36. The maximum atomic E-state index is 11.8. The lowest BCUT2D eigenvalue weighted by Crippen LogP contribution is -2.41. The van der Waals surface area contributed by atoms with E-state index in [0.717, 1.165) is 11.4 Å². The Morgan fingerprint density at radius 2 is 2.15 bits per heavy atom. The van der Waals surface area contributed by atoms with Crippen molar-refractivity contribution >= 4 is 23.4 Å². The van der Waals surface area contributed by atoms with E-state index in [2.05, 4.69) is 31.4 Å². The third-order valence-electron chi connectivity index (χ3n) is 4.18. The van der Waals surface area contributed by atoms with Crippen LogP contribution in [0.1, 0.15) is 36.2 Å². The number of thioether (sulfide) groups is 1. The zero-order valence-electron chi connectivity index (χ0n) is 12.7. The molecule has 1 aromatic rings. The van der Waals surface area contributed by atoms with E-state index in [1.54, 1.807) is 7.05 Å². The number of benzene rings is 1. The van der Waals surface area contributed by atoms with Crippen molar-refractivity contribution in [2.45, 2.75) is 33.2 Å². The number of nitrogens with one attached hydrogen (secondary N) is 2. The molecule has 1 heterocycles. The van der Waals surface area contributed by atoms with Gasteiger partial charge in [-0.25, -0.2) is 0 Å². The molecule has 3 nitrogen and oxygen atoms in total. The van der Waals surface area contributed by atoms with E-state index in [1.165, 1.54) is 17.7 Å². The molecule has 2 N–H and O–H groups in total. The van der Waals surface area contributed by atoms with Gasteiger partial charge in [-0.2, -0.15) is 11.8 Å². The lowest BCUT2D eigenvalue weighted by atomic mass is 9.82. The van der Waals surface area contributed by atoms with Crippen LogP contribution in [0.5, 0.6) is 0 Å². The molecule has 1 aliphatic heterocycles. The Morgan fingerprint density at radius 3 is 2.80 bits per heavy atom. The van der Waals surface area contributed by atoms with Crippen molar-refractivity contribution in [3.05, 3.63) is 29.3 Å². The van der Waals surface area contributed by atoms with Crippen molar-refractivity contribution in [3.8, 4) is 0 Å². The van der Waals surface area contributed by atoms with Crippen LogP contribution in [0.15, 0.2) is 18.2 Å². The Labute approximate surface area is 125 Å². The molecule has 110 valence electrons. The third kappa shape index (κ3) is 3.29. The second-order valence-electron chi connectivity index (χ2n) is 6.12. The first-order chi connectivity index (χ1) is 9.44. The Balaban J connectivity index is 2.21. The molecule has 20 heavy (non-hydrogen) atoms. The SMILES string of the molecule is CNC(=O)c1ccc(C)c(NC2CSCCC2(C)C)c1. The van der Waals surface area contributed by atoms with E-state index in [4.69, 9.17) is 0 Å². The van der Waals surface area contributed by atoms with Crippen LogP contribution < -0.4 is 10.6 Å². The van der Waals surface area contributed by atoms with E-state index in [9.17, 15) is 4.79 Å². The van der Waals surface area contributed by atoms with Gasteiger partial charge in [-0.3, -0.25) is 4.79 Å². The lowest BCUT2D eigenvalue weighted by molar-refractivity contribution is 0.0963. The summed E-state index contributed by atoms with van der Waals surface area (Å²) in [5.41, 5.74) is 3.26. The van der Waals surface area contributed by atoms with Gasteiger partial charge in [0.25, 0.3) is 5.91 Å². The summed E-state index contributed by atoms with van der Waals surface area (Å²) in [6.07, 6.45) is 1.23. The van der Waals surface area contributed by atoms with Gasteiger partial charge in [-0.05, 0) is 42.2 Å². The quantitative estimate of drug-likeness (QED) is 0.898. The van der Waals surface area contributed by atoms with Crippen LogP contribution in [0.4, 0.5) is 5.69 Å². The molecule has 1 fully saturated rings. The highest BCUT2D eigenvalue weighted by atomic mass is 32.2. The first-order valence-corrected chi connectivity index (χ1v) is 8.26. The predicted molar refractivity (Wildman–Crippen MR) is 87.7 cm³/mol. The van der Waals surface area contributed by atoms with Gasteiger partial charge < -0.3 is 10.6 Å². The molecule has 0 saturated carbocycles. The van der Waals surface area contributed by atoms with Gasteiger partial charge in [-0.15, -0.1) is 0 Å². The van der Waals surface area contributed by atoms with Crippen LogP contribution in [0.2, 0.25) is 0 Å². The molecule has 0 aromatic heterocycles. The summed E-state index contributed by atoms with van der Waals surface area (Å²) in [7, 11) is 1.66. The fourth-order valence-corrected chi connectivity index (χ4v) is 4.03. The average molecular weight is 292 g/mol. The van der Waals surface area contributed by atoms with Crippen LogP contribution in [-0.4, -0.2) is 30.5 Å². The van der Waals surface area contributed by atoms with Gasteiger partial charge in [0, 0.05) is 30.1 Å². The van der Waals surface area contributed by atoms with Crippen molar-refractivity contribution < 1.29 is 4.79 Å². The molecule has 0 radical (unpaired) electrons. The molecule has 0 aliphatic carbocycles. The third-order valence-corrected chi connectivity index (χ3v) is 5.24. The number of aryl methyl sites for hydroxylation is 1. The van der Waals surface area contributed by atoms with E-state index in [1.807, 2.05) is 30.0 Å². The van der Waals surface area contributed by atoms with Crippen molar-refractivity contribution in [2.75, 3.05) is 23.9 Å². The fraction of sp³-hybridized carbons (Fsp3) is 0.562. The summed E-state index contributed by atoms with van der Waals surface area (Å²) in [4.78, 5) is 11.8.